The van der Waals surface area contributed by atoms with Crippen molar-refractivity contribution in [2.24, 2.45) is 0 Å². The van der Waals surface area contributed by atoms with Gasteiger partial charge in [0, 0.05) is 19.8 Å². The molecule has 0 saturated heterocycles. The summed E-state index contributed by atoms with van der Waals surface area (Å²) in [7, 11) is -1.88. The molecule has 1 rings (SSSR count). The summed E-state index contributed by atoms with van der Waals surface area (Å²) < 4.78 is 26.9. The van der Waals surface area contributed by atoms with E-state index >= 15 is 0 Å². The average molecular weight is 261 g/mol. The van der Waals surface area contributed by atoms with Crippen molar-refractivity contribution >= 4 is 10.0 Å². The first-order valence-electron chi connectivity index (χ1n) is 5.62. The minimum absolute atomic E-state index is 0.0627. The van der Waals surface area contributed by atoms with Gasteiger partial charge in [-0.3, -0.25) is 4.68 Å². The Morgan fingerprint density at radius 1 is 1.53 bits per heavy atom. The Labute approximate surface area is 102 Å². The summed E-state index contributed by atoms with van der Waals surface area (Å²) in [6, 6.07) is 0. The number of aliphatic hydroxyl groups excluding tert-OH is 1. The van der Waals surface area contributed by atoms with E-state index in [1.807, 2.05) is 6.92 Å². The highest BCUT2D eigenvalue weighted by Gasteiger charge is 2.21. The molecule has 1 N–H and O–H groups in total. The highest BCUT2D eigenvalue weighted by molar-refractivity contribution is 7.89. The number of sulfonamides is 1. The van der Waals surface area contributed by atoms with Crippen LogP contribution in [0.15, 0.2) is 17.3 Å². The highest BCUT2D eigenvalue weighted by atomic mass is 32.2. The van der Waals surface area contributed by atoms with Gasteiger partial charge in [0.15, 0.2) is 0 Å². The lowest BCUT2D eigenvalue weighted by molar-refractivity contribution is 0.269. The lowest BCUT2D eigenvalue weighted by atomic mass is 10.3. The number of aromatic nitrogens is 2. The second-order valence-corrected chi connectivity index (χ2v) is 5.89. The summed E-state index contributed by atoms with van der Waals surface area (Å²) in [5.41, 5.74) is 0. The zero-order valence-electron chi connectivity index (χ0n) is 10.2. The van der Waals surface area contributed by atoms with Gasteiger partial charge in [-0.25, -0.2) is 12.7 Å². The normalized spacial score (nSPS) is 12.2. The Kier molecular flexibility index (Phi) is 5.10. The number of hydrogen-bond acceptors (Lipinski definition) is 4. The van der Waals surface area contributed by atoms with Crippen LogP contribution in [0.5, 0.6) is 0 Å². The molecule has 98 valence electrons. The topological polar surface area (TPSA) is 75.4 Å². The van der Waals surface area contributed by atoms with Crippen LogP contribution in [-0.4, -0.2) is 47.8 Å². The summed E-state index contributed by atoms with van der Waals surface area (Å²) in [6.07, 6.45) is 4.53. The van der Waals surface area contributed by atoms with Crippen LogP contribution >= 0.6 is 0 Å². The van der Waals surface area contributed by atoms with E-state index in [0.29, 0.717) is 13.1 Å². The van der Waals surface area contributed by atoms with Crippen LogP contribution in [0.2, 0.25) is 0 Å². The maximum absolute atomic E-state index is 12.1. The number of nitrogens with zero attached hydrogens (tertiary/aromatic N) is 3. The number of rotatable bonds is 7. The van der Waals surface area contributed by atoms with Crippen molar-refractivity contribution in [2.45, 2.75) is 31.2 Å². The van der Waals surface area contributed by atoms with Crippen LogP contribution < -0.4 is 0 Å². The predicted molar refractivity (Wildman–Crippen MR) is 64.0 cm³/mol. The van der Waals surface area contributed by atoms with Crippen LogP contribution in [0.3, 0.4) is 0 Å². The smallest absolute Gasteiger partial charge is 0.245 e. The Bertz CT molecular complexity index is 441. The molecule has 0 aliphatic carbocycles. The summed E-state index contributed by atoms with van der Waals surface area (Å²) >= 11 is 0. The Hall–Kier alpha value is -0.920. The molecule has 0 unspecified atom stereocenters. The van der Waals surface area contributed by atoms with E-state index in [9.17, 15) is 8.42 Å². The van der Waals surface area contributed by atoms with Gasteiger partial charge in [0.25, 0.3) is 0 Å². The molecule has 0 aliphatic heterocycles. The van der Waals surface area contributed by atoms with Crippen molar-refractivity contribution in [3.05, 3.63) is 12.4 Å². The second kappa shape index (κ2) is 6.13. The fourth-order valence-electron chi connectivity index (χ4n) is 1.38. The van der Waals surface area contributed by atoms with Crippen LogP contribution in [0.1, 0.15) is 19.8 Å². The number of hydrogen-bond donors (Lipinski definition) is 1. The molecule has 1 aromatic rings. The maximum atomic E-state index is 12.1. The third-order valence-electron chi connectivity index (χ3n) is 2.47. The summed E-state index contributed by atoms with van der Waals surface area (Å²) in [5, 5.41) is 12.6. The van der Waals surface area contributed by atoms with Gasteiger partial charge >= 0.3 is 0 Å². The zero-order chi connectivity index (χ0) is 12.9. The molecular weight excluding hydrogens is 242 g/mol. The molecule has 0 amide bonds. The SMILES string of the molecule is CCCCN(C)S(=O)(=O)c1cnn(CCO)c1. The molecule has 0 saturated carbocycles. The number of aliphatic hydroxyl groups is 1. The molecule has 0 radical (unpaired) electrons. The molecule has 1 heterocycles. The molecule has 1 aromatic heterocycles. The lowest BCUT2D eigenvalue weighted by Crippen LogP contribution is -2.27. The molecule has 6 nitrogen and oxygen atoms in total. The van der Waals surface area contributed by atoms with E-state index in [2.05, 4.69) is 5.10 Å². The first-order chi connectivity index (χ1) is 8.02. The van der Waals surface area contributed by atoms with Crippen molar-refractivity contribution < 1.29 is 13.5 Å². The van der Waals surface area contributed by atoms with Crippen LogP contribution in [0.4, 0.5) is 0 Å². The third-order valence-corrected chi connectivity index (χ3v) is 4.28. The fraction of sp³-hybridized carbons (Fsp3) is 0.700. The van der Waals surface area contributed by atoms with E-state index in [0.717, 1.165) is 12.8 Å². The van der Waals surface area contributed by atoms with Crippen molar-refractivity contribution in [3.63, 3.8) is 0 Å². The van der Waals surface area contributed by atoms with Gasteiger partial charge in [-0.2, -0.15) is 5.10 Å². The van der Waals surface area contributed by atoms with Gasteiger partial charge in [0.1, 0.15) is 4.90 Å². The molecule has 0 aromatic carbocycles. The van der Waals surface area contributed by atoms with Crippen molar-refractivity contribution in [1.29, 1.82) is 0 Å². The summed E-state index contributed by atoms with van der Waals surface area (Å²) in [4.78, 5) is 0.171. The maximum Gasteiger partial charge on any atom is 0.245 e. The Balaban J connectivity index is 2.81. The fourth-order valence-corrected chi connectivity index (χ4v) is 2.55. The van der Waals surface area contributed by atoms with Crippen LogP contribution in [0.25, 0.3) is 0 Å². The second-order valence-electron chi connectivity index (χ2n) is 3.84. The lowest BCUT2D eigenvalue weighted by Gasteiger charge is -2.15. The Morgan fingerprint density at radius 2 is 2.24 bits per heavy atom. The van der Waals surface area contributed by atoms with E-state index in [1.165, 1.54) is 21.4 Å². The van der Waals surface area contributed by atoms with E-state index in [4.69, 9.17) is 5.11 Å². The van der Waals surface area contributed by atoms with Gasteiger partial charge in [0.2, 0.25) is 10.0 Å². The standard InChI is InChI=1S/C10H19N3O3S/c1-3-4-5-12(2)17(15,16)10-8-11-13(9-10)6-7-14/h8-9,14H,3-7H2,1-2H3. The highest BCUT2D eigenvalue weighted by Crippen LogP contribution is 2.13. The largest absolute Gasteiger partial charge is 0.394 e. The van der Waals surface area contributed by atoms with Gasteiger partial charge < -0.3 is 5.11 Å². The minimum Gasteiger partial charge on any atom is -0.394 e. The average Bonchev–Trinajstić information content (AvgIpc) is 2.75. The van der Waals surface area contributed by atoms with Gasteiger partial charge in [-0.05, 0) is 6.42 Å². The van der Waals surface area contributed by atoms with Gasteiger partial charge in [0.05, 0.1) is 19.3 Å². The van der Waals surface area contributed by atoms with Gasteiger partial charge in [-0.1, -0.05) is 13.3 Å². The summed E-state index contributed by atoms with van der Waals surface area (Å²) in [6.45, 7) is 2.75. The molecular formula is C10H19N3O3S. The monoisotopic (exact) mass is 261 g/mol. The third kappa shape index (κ3) is 3.52. The first kappa shape index (κ1) is 14.1. The van der Waals surface area contributed by atoms with E-state index < -0.39 is 10.0 Å². The van der Waals surface area contributed by atoms with Crippen molar-refractivity contribution in [3.8, 4) is 0 Å². The van der Waals surface area contributed by atoms with Crippen LogP contribution in [0, 0.1) is 0 Å². The number of unbranched alkanes of at least 4 members (excludes halogenated alkanes) is 1. The summed E-state index contributed by atoms with van der Waals surface area (Å²) in [5.74, 6) is 0. The molecule has 0 atom stereocenters. The molecule has 0 fully saturated rings. The van der Waals surface area contributed by atoms with E-state index in [-0.39, 0.29) is 11.5 Å². The molecule has 7 heteroatoms. The predicted octanol–water partition coefficient (Wildman–Crippen LogP) is 0.296. The molecule has 17 heavy (non-hydrogen) atoms. The van der Waals surface area contributed by atoms with Crippen LogP contribution in [-0.2, 0) is 16.6 Å². The quantitative estimate of drug-likeness (QED) is 0.766. The minimum atomic E-state index is -3.44. The Morgan fingerprint density at radius 3 is 2.82 bits per heavy atom. The molecule has 0 bridgehead atoms. The van der Waals surface area contributed by atoms with Crippen molar-refractivity contribution in [1.82, 2.24) is 14.1 Å². The first-order valence-corrected chi connectivity index (χ1v) is 7.06. The molecule has 0 spiro atoms. The van der Waals surface area contributed by atoms with Crippen molar-refractivity contribution in [2.75, 3.05) is 20.2 Å². The zero-order valence-corrected chi connectivity index (χ0v) is 11.0. The van der Waals surface area contributed by atoms with Gasteiger partial charge in [-0.15, -0.1) is 0 Å². The molecule has 0 aliphatic rings. The van der Waals surface area contributed by atoms with E-state index in [1.54, 1.807) is 7.05 Å².